The van der Waals surface area contributed by atoms with Crippen LogP contribution in [0.4, 0.5) is 0 Å². The molecule has 0 heterocycles. The van der Waals surface area contributed by atoms with Crippen molar-refractivity contribution in [1.29, 1.82) is 0 Å². The molecule has 1 aliphatic rings. The molecule has 1 saturated carbocycles. The molecule has 0 amide bonds. The zero-order valence-electron chi connectivity index (χ0n) is 11.5. The van der Waals surface area contributed by atoms with Crippen molar-refractivity contribution in [3.8, 4) is 0 Å². The van der Waals surface area contributed by atoms with Crippen LogP contribution in [0.2, 0.25) is 0 Å². The van der Waals surface area contributed by atoms with Gasteiger partial charge in [-0.05, 0) is 51.9 Å². The van der Waals surface area contributed by atoms with Gasteiger partial charge in [-0.15, -0.1) is 0 Å². The monoisotopic (exact) mass is 238 g/mol. The molecule has 0 N–H and O–H groups in total. The van der Waals surface area contributed by atoms with E-state index in [1.165, 1.54) is 12.8 Å². The highest BCUT2D eigenvalue weighted by Gasteiger charge is 2.36. The van der Waals surface area contributed by atoms with Crippen molar-refractivity contribution < 1.29 is 9.53 Å². The smallest absolute Gasteiger partial charge is 0.309 e. The third-order valence-electron chi connectivity index (χ3n) is 3.88. The van der Waals surface area contributed by atoms with E-state index in [1.807, 2.05) is 19.9 Å². The van der Waals surface area contributed by atoms with Crippen LogP contribution in [0.25, 0.3) is 0 Å². The topological polar surface area (TPSA) is 26.3 Å². The van der Waals surface area contributed by atoms with Crippen LogP contribution in [0, 0.1) is 5.92 Å². The largest absolute Gasteiger partial charge is 0.459 e. The molecule has 0 radical (unpaired) electrons. The average molecular weight is 238 g/mol. The van der Waals surface area contributed by atoms with Gasteiger partial charge in [0, 0.05) is 0 Å². The lowest BCUT2D eigenvalue weighted by atomic mass is 9.98. The first-order valence-corrected chi connectivity index (χ1v) is 6.97. The van der Waals surface area contributed by atoms with Gasteiger partial charge in [-0.2, -0.15) is 0 Å². The predicted molar refractivity (Wildman–Crippen MR) is 70.8 cm³/mol. The summed E-state index contributed by atoms with van der Waals surface area (Å²) in [6.07, 6.45) is 11.5. The van der Waals surface area contributed by atoms with E-state index in [2.05, 4.69) is 13.0 Å². The van der Waals surface area contributed by atoms with Crippen LogP contribution in [-0.4, -0.2) is 11.6 Å². The second-order valence-corrected chi connectivity index (χ2v) is 5.21. The Morgan fingerprint density at radius 3 is 2.59 bits per heavy atom. The van der Waals surface area contributed by atoms with Crippen molar-refractivity contribution >= 4 is 5.97 Å². The number of ether oxygens (including phenoxy) is 1. The number of hydrogen-bond acceptors (Lipinski definition) is 2. The summed E-state index contributed by atoms with van der Waals surface area (Å²) in [4.78, 5) is 12.0. The summed E-state index contributed by atoms with van der Waals surface area (Å²) in [7, 11) is 0. The lowest BCUT2D eigenvalue weighted by Gasteiger charge is -2.29. The minimum absolute atomic E-state index is 0.00162. The Bertz CT molecular complexity index is 262. The quantitative estimate of drug-likeness (QED) is 0.511. The van der Waals surface area contributed by atoms with Gasteiger partial charge in [0.25, 0.3) is 0 Å². The Kier molecular flexibility index (Phi) is 5.73. The maximum Gasteiger partial charge on any atom is 0.309 e. The second kappa shape index (κ2) is 6.83. The summed E-state index contributed by atoms with van der Waals surface area (Å²) in [5, 5.41) is 0. The van der Waals surface area contributed by atoms with Crippen molar-refractivity contribution in [2.45, 2.75) is 71.3 Å². The first-order chi connectivity index (χ1) is 8.13. The van der Waals surface area contributed by atoms with Gasteiger partial charge in [0.2, 0.25) is 0 Å². The normalized spacial score (nSPS) is 20.6. The Hall–Kier alpha value is -0.790. The molecule has 98 valence electrons. The first-order valence-electron chi connectivity index (χ1n) is 6.97. The van der Waals surface area contributed by atoms with E-state index in [0.717, 1.165) is 32.1 Å². The van der Waals surface area contributed by atoms with E-state index in [1.54, 1.807) is 0 Å². The molecule has 1 unspecified atom stereocenters. The van der Waals surface area contributed by atoms with Gasteiger partial charge in [-0.25, -0.2) is 0 Å². The summed E-state index contributed by atoms with van der Waals surface area (Å²) < 4.78 is 5.78. The molecule has 1 atom stereocenters. The van der Waals surface area contributed by atoms with E-state index in [9.17, 15) is 4.79 Å². The van der Waals surface area contributed by atoms with Crippen LogP contribution in [0.5, 0.6) is 0 Å². The maximum absolute atomic E-state index is 12.0. The molecule has 2 nitrogen and oxygen atoms in total. The zero-order valence-corrected chi connectivity index (χ0v) is 11.5. The van der Waals surface area contributed by atoms with Crippen LogP contribution in [-0.2, 0) is 9.53 Å². The molecule has 1 rings (SSSR count). The first kappa shape index (κ1) is 14.3. The molecular weight excluding hydrogens is 212 g/mol. The fraction of sp³-hybridized carbons (Fsp3) is 0.800. The molecule has 0 aromatic carbocycles. The van der Waals surface area contributed by atoms with E-state index in [-0.39, 0.29) is 17.5 Å². The number of hydrogen-bond donors (Lipinski definition) is 0. The number of allylic oxidation sites excluding steroid dienone is 2. The van der Waals surface area contributed by atoms with Gasteiger partial charge in [-0.1, -0.05) is 26.0 Å². The molecule has 0 aromatic heterocycles. The zero-order chi connectivity index (χ0) is 12.7. The Morgan fingerprint density at radius 2 is 2.06 bits per heavy atom. The van der Waals surface area contributed by atoms with Crippen LogP contribution in [0.15, 0.2) is 12.2 Å². The molecule has 0 spiro atoms. The van der Waals surface area contributed by atoms with Crippen molar-refractivity contribution in [3.05, 3.63) is 12.2 Å². The Morgan fingerprint density at radius 1 is 1.41 bits per heavy atom. The fourth-order valence-corrected chi connectivity index (χ4v) is 2.49. The van der Waals surface area contributed by atoms with Crippen LogP contribution < -0.4 is 0 Å². The van der Waals surface area contributed by atoms with Gasteiger partial charge < -0.3 is 4.74 Å². The van der Waals surface area contributed by atoms with Crippen LogP contribution in [0.3, 0.4) is 0 Å². The second-order valence-electron chi connectivity index (χ2n) is 5.21. The number of esters is 1. The summed E-state index contributed by atoms with van der Waals surface area (Å²) in [6.45, 7) is 6.11. The van der Waals surface area contributed by atoms with Crippen molar-refractivity contribution in [2.75, 3.05) is 0 Å². The van der Waals surface area contributed by atoms with E-state index < -0.39 is 0 Å². The highest BCUT2D eigenvalue weighted by Crippen LogP contribution is 2.36. The third kappa shape index (κ3) is 4.18. The molecule has 0 saturated heterocycles. The predicted octanol–water partition coefficient (Wildman–Crippen LogP) is 4.24. The number of carbonyl (C=O) groups excluding carboxylic acids is 1. The highest BCUT2D eigenvalue weighted by atomic mass is 16.6. The molecule has 0 bridgehead atoms. The summed E-state index contributed by atoms with van der Waals surface area (Å²) in [5.74, 6) is 0.0217. The summed E-state index contributed by atoms with van der Waals surface area (Å²) in [6, 6.07) is 0. The maximum atomic E-state index is 12.0. The highest BCUT2D eigenvalue weighted by molar-refractivity contribution is 5.72. The molecule has 2 heteroatoms. The van der Waals surface area contributed by atoms with Crippen LogP contribution >= 0.6 is 0 Å². The van der Waals surface area contributed by atoms with E-state index in [0.29, 0.717) is 0 Å². The van der Waals surface area contributed by atoms with Gasteiger partial charge >= 0.3 is 5.97 Å². The Balaban J connectivity index is 2.41. The van der Waals surface area contributed by atoms with Crippen molar-refractivity contribution in [1.82, 2.24) is 0 Å². The van der Waals surface area contributed by atoms with E-state index in [4.69, 9.17) is 4.74 Å². The summed E-state index contributed by atoms with van der Waals surface area (Å²) >= 11 is 0. The van der Waals surface area contributed by atoms with Gasteiger partial charge in [-0.3, -0.25) is 4.79 Å². The van der Waals surface area contributed by atoms with Gasteiger partial charge in [0.1, 0.15) is 5.60 Å². The lowest BCUT2D eigenvalue weighted by Crippen LogP contribution is -2.33. The number of rotatable bonds is 6. The standard InChI is InChI=1S/C15H26O2/c1-4-6-7-10-13(3)14(16)17-15(5-2)11-8-9-12-15/h4,6,13H,5,7-12H2,1-3H3. The van der Waals surface area contributed by atoms with Gasteiger partial charge in [0.15, 0.2) is 0 Å². The Labute approximate surface area is 105 Å². The molecule has 0 aliphatic heterocycles. The minimum atomic E-state index is -0.133. The van der Waals surface area contributed by atoms with Crippen molar-refractivity contribution in [2.24, 2.45) is 5.92 Å². The van der Waals surface area contributed by atoms with E-state index >= 15 is 0 Å². The van der Waals surface area contributed by atoms with Crippen LogP contribution in [0.1, 0.15) is 65.7 Å². The summed E-state index contributed by atoms with van der Waals surface area (Å²) in [5.41, 5.74) is -0.133. The SMILES string of the molecule is CC=CCCC(C)C(=O)OC1(CC)CCCC1. The third-order valence-corrected chi connectivity index (χ3v) is 3.88. The average Bonchev–Trinajstić information content (AvgIpc) is 2.78. The fourth-order valence-electron chi connectivity index (χ4n) is 2.49. The molecule has 1 aliphatic carbocycles. The molecule has 17 heavy (non-hydrogen) atoms. The molecule has 1 fully saturated rings. The van der Waals surface area contributed by atoms with Gasteiger partial charge in [0.05, 0.1) is 5.92 Å². The minimum Gasteiger partial charge on any atom is -0.459 e. The molecule has 0 aromatic rings. The number of carbonyl (C=O) groups is 1. The lowest BCUT2D eigenvalue weighted by molar-refractivity contribution is -0.164. The molecular formula is C15H26O2. The van der Waals surface area contributed by atoms with Crippen molar-refractivity contribution in [3.63, 3.8) is 0 Å².